The van der Waals surface area contributed by atoms with Crippen LogP contribution in [0.2, 0.25) is 0 Å². The molecule has 2 aliphatic rings. The standard InChI is InChI=1S/C14H16FN5/c15-11-7-9(1-4-12(11)16)13-17-18-19-20(13)8-14(5-6-14)10-2-3-10/h1,4,7,10H,2-3,5-6,8,16H2. The highest BCUT2D eigenvalue weighted by molar-refractivity contribution is 5.59. The van der Waals surface area contributed by atoms with E-state index in [1.54, 1.807) is 12.1 Å². The molecule has 2 saturated carbocycles. The summed E-state index contributed by atoms with van der Waals surface area (Å²) in [5.41, 5.74) is 6.72. The maximum atomic E-state index is 13.6. The summed E-state index contributed by atoms with van der Waals surface area (Å²) in [5.74, 6) is 1.03. The minimum Gasteiger partial charge on any atom is -0.396 e. The van der Waals surface area contributed by atoms with Crippen LogP contribution in [0, 0.1) is 17.2 Å². The van der Waals surface area contributed by atoms with Crippen LogP contribution in [0.1, 0.15) is 25.7 Å². The minimum atomic E-state index is -0.430. The predicted octanol–water partition coefficient (Wildman–Crippen LogP) is 2.25. The molecule has 2 fully saturated rings. The fourth-order valence-electron chi connectivity index (χ4n) is 3.03. The number of benzene rings is 1. The highest BCUT2D eigenvalue weighted by atomic mass is 19.1. The van der Waals surface area contributed by atoms with Crippen molar-refractivity contribution in [2.75, 3.05) is 5.73 Å². The molecular weight excluding hydrogens is 257 g/mol. The molecule has 20 heavy (non-hydrogen) atoms. The molecule has 0 amide bonds. The van der Waals surface area contributed by atoms with Gasteiger partial charge < -0.3 is 5.73 Å². The molecule has 2 N–H and O–H groups in total. The molecule has 2 aromatic rings. The Balaban J connectivity index is 1.66. The first kappa shape index (κ1) is 11.8. The lowest BCUT2D eigenvalue weighted by Gasteiger charge is -2.14. The summed E-state index contributed by atoms with van der Waals surface area (Å²) >= 11 is 0. The zero-order valence-corrected chi connectivity index (χ0v) is 11.1. The number of hydrogen-bond donors (Lipinski definition) is 1. The van der Waals surface area contributed by atoms with Crippen molar-refractivity contribution in [1.29, 1.82) is 0 Å². The second-order valence-corrected chi connectivity index (χ2v) is 6.03. The quantitative estimate of drug-likeness (QED) is 0.867. The Morgan fingerprint density at radius 2 is 2.15 bits per heavy atom. The van der Waals surface area contributed by atoms with Gasteiger partial charge in [0.05, 0.1) is 12.2 Å². The Kier molecular flexibility index (Phi) is 2.37. The van der Waals surface area contributed by atoms with Gasteiger partial charge in [0.2, 0.25) is 0 Å². The number of nitrogens with zero attached hydrogens (tertiary/aromatic N) is 4. The summed E-state index contributed by atoms with van der Waals surface area (Å²) in [6.45, 7) is 0.839. The zero-order valence-electron chi connectivity index (χ0n) is 11.1. The number of tetrazole rings is 1. The molecule has 1 heterocycles. The third-order valence-electron chi connectivity index (χ3n) is 4.59. The summed E-state index contributed by atoms with van der Waals surface area (Å²) in [5, 5.41) is 11.9. The highest BCUT2D eigenvalue weighted by Crippen LogP contribution is 2.62. The summed E-state index contributed by atoms with van der Waals surface area (Å²) in [7, 11) is 0. The van der Waals surface area contributed by atoms with Crippen molar-refractivity contribution >= 4 is 5.69 Å². The van der Waals surface area contributed by atoms with Gasteiger partial charge in [0, 0.05) is 5.56 Å². The second kappa shape index (κ2) is 4.01. The average Bonchev–Trinajstić information content (AvgIpc) is 3.32. The lowest BCUT2D eigenvalue weighted by molar-refractivity contribution is 0.348. The first-order valence-corrected chi connectivity index (χ1v) is 6.99. The van der Waals surface area contributed by atoms with E-state index in [2.05, 4.69) is 15.5 Å². The molecule has 5 nitrogen and oxygen atoms in total. The van der Waals surface area contributed by atoms with Crippen molar-refractivity contribution in [2.45, 2.75) is 32.2 Å². The van der Waals surface area contributed by atoms with Crippen LogP contribution in [0.15, 0.2) is 18.2 Å². The fraction of sp³-hybridized carbons (Fsp3) is 0.500. The first-order valence-electron chi connectivity index (χ1n) is 6.99. The number of rotatable bonds is 4. The largest absolute Gasteiger partial charge is 0.396 e. The van der Waals surface area contributed by atoms with Gasteiger partial charge in [-0.05, 0) is 65.6 Å². The molecule has 0 aliphatic heterocycles. The summed E-state index contributed by atoms with van der Waals surface area (Å²) in [6.07, 6.45) is 5.17. The van der Waals surface area contributed by atoms with Gasteiger partial charge in [-0.3, -0.25) is 0 Å². The zero-order chi connectivity index (χ0) is 13.7. The van der Waals surface area contributed by atoms with Gasteiger partial charge in [-0.1, -0.05) is 0 Å². The average molecular weight is 273 g/mol. The molecular formula is C14H16FN5. The molecule has 0 atom stereocenters. The van der Waals surface area contributed by atoms with Crippen LogP contribution in [-0.2, 0) is 6.54 Å². The van der Waals surface area contributed by atoms with Crippen molar-refractivity contribution in [1.82, 2.24) is 20.2 Å². The van der Waals surface area contributed by atoms with Gasteiger partial charge in [-0.15, -0.1) is 5.10 Å². The van der Waals surface area contributed by atoms with E-state index in [1.165, 1.54) is 31.7 Å². The Bertz CT molecular complexity index is 657. The molecule has 0 bridgehead atoms. The normalized spacial score (nSPS) is 20.1. The van der Waals surface area contributed by atoms with Crippen molar-refractivity contribution in [3.8, 4) is 11.4 Å². The van der Waals surface area contributed by atoms with Crippen molar-refractivity contribution in [3.63, 3.8) is 0 Å². The van der Waals surface area contributed by atoms with Crippen LogP contribution in [0.3, 0.4) is 0 Å². The van der Waals surface area contributed by atoms with Gasteiger partial charge >= 0.3 is 0 Å². The Hall–Kier alpha value is -1.98. The number of halogens is 1. The van der Waals surface area contributed by atoms with E-state index in [1.807, 2.05) is 4.68 Å². The molecule has 6 heteroatoms. The minimum absolute atomic E-state index is 0.143. The lowest BCUT2D eigenvalue weighted by atomic mass is 10.0. The molecule has 1 aromatic heterocycles. The Labute approximate surface area is 116 Å². The summed E-state index contributed by atoms with van der Waals surface area (Å²) in [6, 6.07) is 4.71. The number of nitrogens with two attached hydrogens (primary N) is 1. The highest BCUT2D eigenvalue weighted by Gasteiger charge is 2.54. The van der Waals surface area contributed by atoms with Crippen LogP contribution in [0.25, 0.3) is 11.4 Å². The molecule has 104 valence electrons. The maximum Gasteiger partial charge on any atom is 0.182 e. The molecule has 0 saturated heterocycles. The molecule has 0 radical (unpaired) electrons. The van der Waals surface area contributed by atoms with E-state index >= 15 is 0 Å². The van der Waals surface area contributed by atoms with Crippen molar-refractivity contribution in [2.24, 2.45) is 11.3 Å². The number of hydrogen-bond acceptors (Lipinski definition) is 4. The van der Waals surface area contributed by atoms with Gasteiger partial charge in [0.1, 0.15) is 5.82 Å². The maximum absolute atomic E-state index is 13.6. The van der Waals surface area contributed by atoms with E-state index in [0.29, 0.717) is 16.8 Å². The van der Waals surface area contributed by atoms with E-state index in [0.717, 1.165) is 12.5 Å². The van der Waals surface area contributed by atoms with Crippen LogP contribution in [-0.4, -0.2) is 20.2 Å². The lowest BCUT2D eigenvalue weighted by Crippen LogP contribution is -2.16. The van der Waals surface area contributed by atoms with Crippen LogP contribution >= 0.6 is 0 Å². The van der Waals surface area contributed by atoms with E-state index in [4.69, 9.17) is 5.73 Å². The Morgan fingerprint density at radius 3 is 2.80 bits per heavy atom. The van der Waals surface area contributed by atoms with Crippen LogP contribution in [0.5, 0.6) is 0 Å². The molecule has 1 aromatic carbocycles. The SMILES string of the molecule is Nc1ccc(-c2nnnn2CC2(C3CC3)CC2)cc1F. The monoisotopic (exact) mass is 273 g/mol. The third-order valence-corrected chi connectivity index (χ3v) is 4.59. The van der Waals surface area contributed by atoms with Crippen LogP contribution < -0.4 is 5.73 Å². The number of aromatic nitrogens is 4. The van der Waals surface area contributed by atoms with Gasteiger partial charge in [0.25, 0.3) is 0 Å². The Morgan fingerprint density at radius 1 is 1.35 bits per heavy atom. The fourth-order valence-corrected chi connectivity index (χ4v) is 3.03. The van der Waals surface area contributed by atoms with Gasteiger partial charge in [0.15, 0.2) is 5.82 Å². The first-order chi connectivity index (χ1) is 9.68. The van der Waals surface area contributed by atoms with Crippen molar-refractivity contribution < 1.29 is 4.39 Å². The third kappa shape index (κ3) is 1.87. The topological polar surface area (TPSA) is 69.6 Å². The molecule has 0 spiro atoms. The van der Waals surface area contributed by atoms with Gasteiger partial charge in [-0.2, -0.15) is 0 Å². The van der Waals surface area contributed by atoms with E-state index < -0.39 is 5.82 Å². The summed E-state index contributed by atoms with van der Waals surface area (Å²) < 4.78 is 15.4. The second-order valence-electron chi connectivity index (χ2n) is 6.03. The number of anilines is 1. The number of nitrogen functional groups attached to an aromatic ring is 1. The molecule has 0 unspecified atom stereocenters. The predicted molar refractivity (Wildman–Crippen MR) is 72.0 cm³/mol. The van der Waals surface area contributed by atoms with Crippen LogP contribution in [0.4, 0.5) is 10.1 Å². The summed E-state index contributed by atoms with van der Waals surface area (Å²) in [4.78, 5) is 0. The van der Waals surface area contributed by atoms with E-state index in [9.17, 15) is 4.39 Å². The van der Waals surface area contributed by atoms with Gasteiger partial charge in [-0.25, -0.2) is 9.07 Å². The van der Waals surface area contributed by atoms with E-state index in [-0.39, 0.29) is 5.69 Å². The molecule has 4 rings (SSSR count). The smallest absolute Gasteiger partial charge is 0.182 e. The molecule has 2 aliphatic carbocycles. The van der Waals surface area contributed by atoms with Crippen molar-refractivity contribution in [3.05, 3.63) is 24.0 Å².